The van der Waals surface area contributed by atoms with Gasteiger partial charge in [0.1, 0.15) is 0 Å². The number of rotatable bonds is 4. The van der Waals surface area contributed by atoms with E-state index in [1.54, 1.807) is 0 Å². The van der Waals surface area contributed by atoms with Gasteiger partial charge in [0.15, 0.2) is 0 Å². The van der Waals surface area contributed by atoms with Crippen LogP contribution in [0, 0.1) is 5.92 Å². The molecule has 0 rings (SSSR count). The maximum Gasteiger partial charge on any atom is 0.0587 e. The number of aliphatic hydroxyl groups excluding tert-OH is 2. The van der Waals surface area contributed by atoms with Gasteiger partial charge in [-0.3, -0.25) is 0 Å². The van der Waals surface area contributed by atoms with E-state index >= 15 is 0 Å². The van der Waals surface area contributed by atoms with Crippen LogP contribution in [-0.4, -0.2) is 22.4 Å². The van der Waals surface area contributed by atoms with E-state index in [-0.39, 0.29) is 44.0 Å². The van der Waals surface area contributed by atoms with Crippen molar-refractivity contribution in [2.75, 3.05) is 0 Å². The van der Waals surface area contributed by atoms with Gasteiger partial charge in [-0.05, 0) is 12.8 Å². The van der Waals surface area contributed by atoms with Gasteiger partial charge in [0.2, 0.25) is 0 Å². The second kappa shape index (κ2) is 7.44. The van der Waals surface area contributed by atoms with E-state index in [0.717, 1.165) is 12.8 Å². The van der Waals surface area contributed by atoms with Crippen molar-refractivity contribution in [2.45, 2.75) is 45.8 Å². The summed E-state index contributed by atoms with van der Waals surface area (Å²) in [6, 6.07) is 0. The summed E-state index contributed by atoms with van der Waals surface area (Å²) in [6.45, 7) is 5.72. The van der Waals surface area contributed by atoms with Gasteiger partial charge in [-0.25, -0.2) is 0 Å². The van der Waals surface area contributed by atoms with Crippen LogP contribution in [-0.2, 0) is 25.8 Å². The summed E-state index contributed by atoms with van der Waals surface area (Å²) >= 11 is 0. The van der Waals surface area contributed by atoms with Gasteiger partial charge in [-0.1, -0.05) is 20.8 Å². The molecule has 0 heterocycles. The van der Waals surface area contributed by atoms with Crippen molar-refractivity contribution in [2.24, 2.45) is 5.92 Å². The minimum Gasteiger partial charge on any atom is -0.393 e. The number of hydrogen-bond acceptors (Lipinski definition) is 2. The Morgan fingerprint density at radius 3 is 1.45 bits per heavy atom. The predicted octanol–water partition coefficient (Wildman–Crippen LogP) is 1.16. The van der Waals surface area contributed by atoms with E-state index in [4.69, 9.17) is 0 Å². The van der Waals surface area contributed by atoms with Crippen LogP contribution in [0.2, 0.25) is 0 Å². The van der Waals surface area contributed by atoms with Crippen LogP contribution in [0.1, 0.15) is 33.6 Å². The Morgan fingerprint density at radius 1 is 1.00 bits per heavy atom. The summed E-state index contributed by atoms with van der Waals surface area (Å²) in [5, 5.41) is 18.5. The summed E-state index contributed by atoms with van der Waals surface area (Å²) in [5.41, 5.74) is 0. The smallest absolute Gasteiger partial charge is 0.0587 e. The molecule has 2 atom stereocenters. The maximum atomic E-state index is 9.27. The van der Waals surface area contributed by atoms with Gasteiger partial charge in [0.05, 0.1) is 12.2 Å². The number of hydrogen-bond donors (Lipinski definition) is 2. The van der Waals surface area contributed by atoms with Crippen molar-refractivity contribution >= 4 is 0 Å². The van der Waals surface area contributed by atoms with E-state index in [1.807, 2.05) is 20.8 Å². The minimum atomic E-state index is -0.352. The number of aliphatic hydroxyl groups is 2. The zero-order chi connectivity index (χ0) is 8.15. The molecule has 2 unspecified atom stereocenters. The molecule has 0 aromatic heterocycles. The normalized spacial score (nSPS) is 18.3. The fraction of sp³-hybridized carbons (Fsp3) is 1.00. The fourth-order valence-corrected chi connectivity index (χ4v) is 1.00. The van der Waals surface area contributed by atoms with Crippen LogP contribution in [0.25, 0.3) is 0 Å². The SMILES string of the molecule is CCC(O)C(C)C(O)CC.[Sc]. The largest absolute Gasteiger partial charge is 0.393 e. The Hall–Kier alpha value is 0.790. The van der Waals surface area contributed by atoms with Crippen molar-refractivity contribution < 1.29 is 36.1 Å². The Labute approximate surface area is 87.8 Å². The van der Waals surface area contributed by atoms with E-state index in [0.29, 0.717) is 0 Å². The molecule has 3 heteroatoms. The van der Waals surface area contributed by atoms with Crippen LogP contribution in [0.5, 0.6) is 0 Å². The monoisotopic (exact) mass is 191 g/mol. The third-order valence-electron chi connectivity index (χ3n) is 2.05. The second-order valence-electron chi connectivity index (χ2n) is 2.81. The first-order valence-electron chi connectivity index (χ1n) is 3.99. The molecule has 2 N–H and O–H groups in total. The molecule has 65 valence electrons. The van der Waals surface area contributed by atoms with Crippen LogP contribution in [0.3, 0.4) is 0 Å². The van der Waals surface area contributed by atoms with Crippen molar-refractivity contribution in [3.05, 3.63) is 0 Å². The van der Waals surface area contributed by atoms with Crippen LogP contribution in [0.15, 0.2) is 0 Å². The summed E-state index contributed by atoms with van der Waals surface area (Å²) < 4.78 is 0. The molecule has 0 saturated heterocycles. The first-order valence-corrected chi connectivity index (χ1v) is 3.99. The summed E-state index contributed by atoms with van der Waals surface area (Å²) in [5.74, 6) is 0.00926. The molecule has 2 nitrogen and oxygen atoms in total. The van der Waals surface area contributed by atoms with Gasteiger partial charge in [-0.15, -0.1) is 0 Å². The summed E-state index contributed by atoms with van der Waals surface area (Å²) in [7, 11) is 0. The molecule has 0 bridgehead atoms. The topological polar surface area (TPSA) is 40.5 Å². The van der Waals surface area contributed by atoms with Gasteiger partial charge in [-0.2, -0.15) is 0 Å². The van der Waals surface area contributed by atoms with Crippen LogP contribution < -0.4 is 0 Å². The predicted molar refractivity (Wildman–Crippen MR) is 41.8 cm³/mol. The van der Waals surface area contributed by atoms with Crippen LogP contribution >= 0.6 is 0 Å². The molecular formula is C8H18O2Sc. The molecule has 0 aliphatic heterocycles. The van der Waals surface area contributed by atoms with Crippen LogP contribution in [0.4, 0.5) is 0 Å². The van der Waals surface area contributed by atoms with Gasteiger partial charge < -0.3 is 10.2 Å². The molecule has 0 fully saturated rings. The third-order valence-corrected chi connectivity index (χ3v) is 2.05. The average Bonchev–Trinajstić information content (AvgIpc) is 2.00. The Bertz CT molecular complexity index is 78.2. The first kappa shape index (κ1) is 14.3. The molecule has 0 amide bonds. The van der Waals surface area contributed by atoms with E-state index < -0.39 is 0 Å². The van der Waals surface area contributed by atoms with Crippen molar-refractivity contribution in [3.63, 3.8) is 0 Å². The molecule has 11 heavy (non-hydrogen) atoms. The van der Waals surface area contributed by atoms with E-state index in [2.05, 4.69) is 0 Å². The Kier molecular flexibility index (Phi) is 9.69. The molecular weight excluding hydrogens is 173 g/mol. The fourth-order valence-electron chi connectivity index (χ4n) is 1.00. The maximum absolute atomic E-state index is 9.27. The zero-order valence-electron chi connectivity index (χ0n) is 7.62. The van der Waals surface area contributed by atoms with E-state index in [9.17, 15) is 10.2 Å². The van der Waals surface area contributed by atoms with Crippen molar-refractivity contribution in [3.8, 4) is 0 Å². The summed E-state index contributed by atoms with van der Waals surface area (Å²) in [4.78, 5) is 0. The van der Waals surface area contributed by atoms with Crippen molar-refractivity contribution in [1.29, 1.82) is 0 Å². The molecule has 0 saturated carbocycles. The Balaban J connectivity index is 0. The second-order valence-corrected chi connectivity index (χ2v) is 2.81. The minimum absolute atomic E-state index is 0. The van der Waals surface area contributed by atoms with E-state index in [1.165, 1.54) is 0 Å². The zero-order valence-corrected chi connectivity index (χ0v) is 9.42. The van der Waals surface area contributed by atoms with Gasteiger partial charge >= 0.3 is 0 Å². The Morgan fingerprint density at radius 2 is 1.27 bits per heavy atom. The molecule has 0 aliphatic rings. The first-order chi connectivity index (χ1) is 4.63. The average molecular weight is 191 g/mol. The van der Waals surface area contributed by atoms with Gasteiger partial charge in [0.25, 0.3) is 0 Å². The van der Waals surface area contributed by atoms with Crippen molar-refractivity contribution in [1.82, 2.24) is 0 Å². The third kappa shape index (κ3) is 5.10. The quantitative estimate of drug-likeness (QED) is 0.700. The standard InChI is InChI=1S/C8H18O2.Sc/c1-4-7(9)6(3)8(10)5-2;/h6-10H,4-5H2,1-3H3;. The van der Waals surface area contributed by atoms with Gasteiger partial charge in [0, 0.05) is 31.8 Å². The molecule has 0 aromatic carbocycles. The molecule has 0 aliphatic carbocycles. The summed E-state index contributed by atoms with van der Waals surface area (Å²) in [6.07, 6.45) is 0.737. The molecule has 0 aromatic rings. The molecule has 1 radical (unpaired) electrons. The molecule has 0 spiro atoms.